The summed E-state index contributed by atoms with van der Waals surface area (Å²) in [6.07, 6.45) is -0.293. The average molecular weight is 260 g/mol. The van der Waals surface area contributed by atoms with Gasteiger partial charge in [-0.15, -0.1) is 0 Å². The van der Waals surface area contributed by atoms with Crippen LogP contribution in [0.5, 0.6) is 0 Å². The van der Waals surface area contributed by atoms with Crippen molar-refractivity contribution in [3.63, 3.8) is 0 Å². The molecule has 0 fully saturated rings. The van der Waals surface area contributed by atoms with Gasteiger partial charge in [0, 0.05) is 10.5 Å². The molecule has 0 saturated carbocycles. The van der Waals surface area contributed by atoms with Gasteiger partial charge in [0.2, 0.25) is 0 Å². The van der Waals surface area contributed by atoms with Crippen LogP contribution in [-0.4, -0.2) is 16.6 Å². The Morgan fingerprint density at radius 2 is 1.88 bits per heavy atom. The number of alkyl halides is 3. The molecule has 0 saturated heterocycles. The van der Waals surface area contributed by atoms with Crippen LogP contribution in [0.15, 0.2) is 29.2 Å². The molecule has 6 heteroatoms. The molecule has 1 aromatic carbocycles. The van der Waals surface area contributed by atoms with Crippen molar-refractivity contribution in [3.05, 3.63) is 29.8 Å². The van der Waals surface area contributed by atoms with Crippen molar-refractivity contribution in [1.29, 1.82) is 0 Å². The van der Waals surface area contributed by atoms with E-state index in [4.69, 9.17) is 5.11 Å². The third-order valence-corrected chi connectivity index (χ3v) is 2.30. The maximum atomic E-state index is 12.0. The second-order valence-corrected chi connectivity index (χ2v) is 4.08. The van der Waals surface area contributed by atoms with E-state index in [-0.39, 0.29) is 23.1 Å². The van der Waals surface area contributed by atoms with Gasteiger partial charge in [0.15, 0.2) is 0 Å². The van der Waals surface area contributed by atoms with Gasteiger partial charge in [0.1, 0.15) is 6.42 Å². The lowest BCUT2D eigenvalue weighted by Crippen LogP contribution is -1.98. The topological polar surface area (TPSA) is 37.3 Å². The minimum absolute atomic E-state index is 0.0706. The summed E-state index contributed by atoms with van der Waals surface area (Å²) in [4.78, 5) is 10.2. The molecule has 0 heterocycles. The monoisotopic (exact) mass is 260 g/mol. The summed E-state index contributed by atoms with van der Waals surface area (Å²) in [5, 5.41) is 8.33. The number of carboxylic acid groups (broad SMARTS) is 1. The van der Waals surface area contributed by atoms with E-state index in [2.05, 4.69) is 11.8 Å². The van der Waals surface area contributed by atoms with Gasteiger partial charge in [0.25, 0.3) is 0 Å². The number of hydrogen-bond acceptors (Lipinski definition) is 2. The summed E-state index contributed by atoms with van der Waals surface area (Å²) < 4.78 is 36.0. The van der Waals surface area contributed by atoms with E-state index in [1.165, 1.54) is 24.3 Å². The third kappa shape index (κ3) is 5.88. The SMILES string of the molecule is O=C(O)CC#Cc1ccc(SC(F)(F)F)cc1. The van der Waals surface area contributed by atoms with E-state index < -0.39 is 11.5 Å². The smallest absolute Gasteiger partial charge is 0.446 e. The van der Waals surface area contributed by atoms with Crippen LogP contribution >= 0.6 is 11.8 Å². The van der Waals surface area contributed by atoms with Crippen LogP contribution in [0.3, 0.4) is 0 Å². The quantitative estimate of drug-likeness (QED) is 0.655. The summed E-state index contributed by atoms with van der Waals surface area (Å²) in [5.74, 6) is 3.89. The number of aliphatic carboxylic acids is 1. The van der Waals surface area contributed by atoms with Crippen molar-refractivity contribution in [2.45, 2.75) is 16.8 Å². The molecule has 2 nitrogen and oxygen atoms in total. The average Bonchev–Trinajstić information content (AvgIpc) is 2.18. The van der Waals surface area contributed by atoms with E-state index in [9.17, 15) is 18.0 Å². The second-order valence-electron chi connectivity index (χ2n) is 2.94. The highest BCUT2D eigenvalue weighted by molar-refractivity contribution is 8.00. The standard InChI is InChI=1S/C11H7F3O2S/c12-11(13,14)17-9-6-4-8(5-7-9)2-1-3-10(15)16/h4-7H,3H2,(H,15,16). The molecule has 0 radical (unpaired) electrons. The van der Waals surface area contributed by atoms with Crippen LogP contribution in [0.25, 0.3) is 0 Å². The summed E-state index contributed by atoms with van der Waals surface area (Å²) >= 11 is -0.204. The Balaban J connectivity index is 2.67. The molecule has 0 unspecified atom stereocenters. The first-order chi connectivity index (χ1) is 7.87. The number of halogens is 3. The fraction of sp³-hybridized carbons (Fsp3) is 0.182. The summed E-state index contributed by atoms with van der Waals surface area (Å²) in [6, 6.07) is 5.43. The maximum Gasteiger partial charge on any atom is 0.446 e. The third-order valence-electron chi connectivity index (χ3n) is 1.56. The number of hydrogen-bond donors (Lipinski definition) is 1. The van der Waals surface area contributed by atoms with E-state index in [1.807, 2.05) is 0 Å². The van der Waals surface area contributed by atoms with Crippen LogP contribution in [0.1, 0.15) is 12.0 Å². The van der Waals surface area contributed by atoms with Crippen molar-refractivity contribution >= 4 is 17.7 Å². The van der Waals surface area contributed by atoms with Gasteiger partial charge in [-0.05, 0) is 36.0 Å². The van der Waals surface area contributed by atoms with Gasteiger partial charge < -0.3 is 5.11 Å². The summed E-state index contributed by atoms with van der Waals surface area (Å²) in [7, 11) is 0. The lowest BCUT2D eigenvalue weighted by molar-refractivity contribution is -0.135. The molecule has 0 atom stereocenters. The molecule has 17 heavy (non-hydrogen) atoms. The highest BCUT2D eigenvalue weighted by Crippen LogP contribution is 2.36. The van der Waals surface area contributed by atoms with Crippen LogP contribution < -0.4 is 0 Å². The Bertz CT molecular complexity index is 454. The molecule has 1 N–H and O–H groups in total. The van der Waals surface area contributed by atoms with Gasteiger partial charge in [0.05, 0.1) is 0 Å². The largest absolute Gasteiger partial charge is 0.481 e. The normalized spacial score (nSPS) is 10.5. The molecule has 1 aromatic rings. The Morgan fingerprint density at radius 1 is 1.29 bits per heavy atom. The van der Waals surface area contributed by atoms with Gasteiger partial charge in [-0.2, -0.15) is 13.2 Å². The first-order valence-corrected chi connectivity index (χ1v) is 5.25. The minimum Gasteiger partial charge on any atom is -0.481 e. The Labute approximate surface area is 99.8 Å². The lowest BCUT2D eigenvalue weighted by atomic mass is 10.2. The first-order valence-electron chi connectivity index (χ1n) is 4.43. The summed E-state index contributed by atoms with van der Waals surface area (Å²) in [5.41, 5.74) is -3.82. The van der Waals surface area contributed by atoms with Gasteiger partial charge in [-0.3, -0.25) is 4.79 Å². The highest BCUT2D eigenvalue weighted by atomic mass is 32.2. The number of rotatable bonds is 2. The fourth-order valence-corrected chi connectivity index (χ4v) is 1.50. The zero-order valence-corrected chi connectivity index (χ0v) is 9.23. The number of carboxylic acids is 1. The molecule has 90 valence electrons. The Morgan fingerprint density at radius 3 is 2.35 bits per heavy atom. The molecule has 0 bridgehead atoms. The predicted octanol–water partition coefficient (Wildman–Crippen LogP) is 3.12. The molecule has 0 aliphatic carbocycles. The van der Waals surface area contributed by atoms with E-state index >= 15 is 0 Å². The van der Waals surface area contributed by atoms with Gasteiger partial charge in [-0.25, -0.2) is 0 Å². The fourth-order valence-electron chi connectivity index (χ4n) is 0.962. The Kier molecular flexibility index (Phi) is 4.46. The van der Waals surface area contributed by atoms with Crippen LogP contribution in [0.4, 0.5) is 13.2 Å². The molecule has 0 amide bonds. The lowest BCUT2D eigenvalue weighted by Gasteiger charge is -2.04. The Hall–Kier alpha value is -1.61. The molecule has 0 aliphatic heterocycles. The predicted molar refractivity (Wildman–Crippen MR) is 57.5 cm³/mol. The van der Waals surface area contributed by atoms with Crippen LogP contribution in [-0.2, 0) is 4.79 Å². The van der Waals surface area contributed by atoms with E-state index in [1.54, 1.807) is 0 Å². The van der Waals surface area contributed by atoms with E-state index in [0.717, 1.165) is 0 Å². The first kappa shape index (κ1) is 13.5. The zero-order valence-electron chi connectivity index (χ0n) is 8.41. The van der Waals surface area contributed by atoms with Gasteiger partial charge >= 0.3 is 11.5 Å². The van der Waals surface area contributed by atoms with Crippen LogP contribution in [0.2, 0.25) is 0 Å². The van der Waals surface area contributed by atoms with Crippen molar-refractivity contribution in [2.24, 2.45) is 0 Å². The molecular weight excluding hydrogens is 253 g/mol. The molecule has 1 rings (SSSR count). The zero-order chi connectivity index (χ0) is 12.9. The second kappa shape index (κ2) is 5.64. The van der Waals surface area contributed by atoms with E-state index in [0.29, 0.717) is 5.56 Å². The van der Waals surface area contributed by atoms with Crippen molar-refractivity contribution < 1.29 is 23.1 Å². The van der Waals surface area contributed by atoms with Crippen molar-refractivity contribution in [2.75, 3.05) is 0 Å². The molecule has 0 aliphatic rings. The minimum atomic E-state index is -4.31. The maximum absolute atomic E-state index is 12.0. The number of thioether (sulfide) groups is 1. The van der Waals surface area contributed by atoms with Crippen molar-refractivity contribution in [3.8, 4) is 11.8 Å². The number of carbonyl (C=O) groups is 1. The van der Waals surface area contributed by atoms with Crippen LogP contribution in [0, 0.1) is 11.8 Å². The van der Waals surface area contributed by atoms with Gasteiger partial charge in [-0.1, -0.05) is 11.8 Å². The number of benzene rings is 1. The van der Waals surface area contributed by atoms with Crippen molar-refractivity contribution in [1.82, 2.24) is 0 Å². The molecular formula is C11H7F3O2S. The summed E-state index contributed by atoms with van der Waals surface area (Å²) in [6.45, 7) is 0. The highest BCUT2D eigenvalue weighted by Gasteiger charge is 2.28. The molecule has 0 aromatic heterocycles. The molecule has 0 spiro atoms.